The third-order valence-corrected chi connectivity index (χ3v) is 4.38. The zero-order valence-corrected chi connectivity index (χ0v) is 14.1. The Labute approximate surface area is 142 Å². The Bertz CT molecular complexity index is 560. The van der Waals surface area contributed by atoms with E-state index in [1.54, 1.807) is 12.1 Å². The second-order valence-corrected chi connectivity index (χ2v) is 5.99. The standard InChI is InChI=1S/C16H23N3O3.ClH/c1-11-7-8-15(19(21)22)13(9-11)16(20)18-14(10-17)12-5-3-2-4-6-12;/h7-9,12,14H,2-6,10,17H2,1H3,(H,18,20);1H. The van der Waals surface area contributed by atoms with Crippen molar-refractivity contribution in [2.45, 2.75) is 45.1 Å². The van der Waals surface area contributed by atoms with Gasteiger partial charge in [0.1, 0.15) is 5.56 Å². The lowest BCUT2D eigenvalue weighted by Crippen LogP contribution is -2.46. The quantitative estimate of drug-likeness (QED) is 0.635. The Hall–Kier alpha value is -1.66. The molecule has 2 rings (SSSR count). The predicted octanol–water partition coefficient (Wildman–Crippen LogP) is 2.96. The van der Waals surface area contributed by atoms with Crippen LogP contribution in [0.2, 0.25) is 0 Å². The number of nitro groups is 1. The van der Waals surface area contributed by atoms with Crippen molar-refractivity contribution in [2.24, 2.45) is 11.7 Å². The predicted molar refractivity (Wildman–Crippen MR) is 92.0 cm³/mol. The molecule has 3 N–H and O–H groups in total. The van der Waals surface area contributed by atoms with Gasteiger partial charge in [-0.3, -0.25) is 14.9 Å². The lowest BCUT2D eigenvalue weighted by atomic mass is 9.84. The first-order valence-corrected chi connectivity index (χ1v) is 7.79. The van der Waals surface area contributed by atoms with Crippen LogP contribution in [0.15, 0.2) is 18.2 Å². The highest BCUT2D eigenvalue weighted by atomic mass is 35.5. The van der Waals surface area contributed by atoms with E-state index in [-0.39, 0.29) is 29.7 Å². The molecule has 1 aromatic carbocycles. The first kappa shape index (κ1) is 19.4. The van der Waals surface area contributed by atoms with Crippen LogP contribution in [-0.2, 0) is 0 Å². The van der Waals surface area contributed by atoms with Gasteiger partial charge in [0.2, 0.25) is 0 Å². The molecule has 0 aromatic heterocycles. The molecule has 128 valence electrons. The molecule has 1 aliphatic rings. The number of nitro benzene ring substituents is 1. The average molecular weight is 342 g/mol. The summed E-state index contributed by atoms with van der Waals surface area (Å²) in [6, 6.07) is 4.45. The number of carbonyl (C=O) groups excluding carboxylic acids is 1. The Kier molecular flexibility index (Phi) is 7.45. The van der Waals surface area contributed by atoms with Gasteiger partial charge in [0, 0.05) is 18.7 Å². The van der Waals surface area contributed by atoms with E-state index in [4.69, 9.17) is 5.73 Å². The number of aryl methyl sites for hydroxylation is 1. The van der Waals surface area contributed by atoms with Gasteiger partial charge in [-0.2, -0.15) is 0 Å². The van der Waals surface area contributed by atoms with Crippen molar-refractivity contribution < 1.29 is 9.72 Å². The highest BCUT2D eigenvalue weighted by Gasteiger charge is 2.27. The number of carbonyl (C=O) groups is 1. The fourth-order valence-electron chi connectivity index (χ4n) is 3.14. The smallest absolute Gasteiger partial charge is 0.282 e. The fraction of sp³-hybridized carbons (Fsp3) is 0.562. The highest BCUT2D eigenvalue weighted by molar-refractivity contribution is 5.98. The molecular weight excluding hydrogens is 318 g/mol. The number of nitrogens with two attached hydrogens (primary N) is 1. The lowest BCUT2D eigenvalue weighted by Gasteiger charge is -2.30. The number of benzene rings is 1. The summed E-state index contributed by atoms with van der Waals surface area (Å²) in [6.45, 7) is 2.16. The molecule has 1 aliphatic carbocycles. The summed E-state index contributed by atoms with van der Waals surface area (Å²) in [5, 5.41) is 14.0. The van der Waals surface area contributed by atoms with Gasteiger partial charge in [0.05, 0.1) is 4.92 Å². The molecule has 1 unspecified atom stereocenters. The van der Waals surface area contributed by atoms with Gasteiger partial charge in [0.25, 0.3) is 11.6 Å². The summed E-state index contributed by atoms with van der Waals surface area (Å²) < 4.78 is 0. The van der Waals surface area contributed by atoms with E-state index in [0.717, 1.165) is 31.2 Å². The van der Waals surface area contributed by atoms with Gasteiger partial charge in [-0.1, -0.05) is 25.3 Å². The number of rotatable bonds is 5. The third-order valence-electron chi connectivity index (χ3n) is 4.38. The minimum atomic E-state index is -0.521. The van der Waals surface area contributed by atoms with Gasteiger partial charge in [-0.15, -0.1) is 12.4 Å². The van der Waals surface area contributed by atoms with E-state index in [9.17, 15) is 14.9 Å². The first-order valence-electron chi connectivity index (χ1n) is 7.79. The number of nitrogens with one attached hydrogen (secondary N) is 1. The summed E-state index contributed by atoms with van der Waals surface area (Å²) in [7, 11) is 0. The van der Waals surface area contributed by atoms with Crippen LogP contribution in [-0.4, -0.2) is 23.4 Å². The Morgan fingerprint density at radius 3 is 2.61 bits per heavy atom. The van der Waals surface area contributed by atoms with Crippen molar-refractivity contribution in [1.29, 1.82) is 0 Å². The topological polar surface area (TPSA) is 98.3 Å². The van der Waals surface area contributed by atoms with Crippen LogP contribution in [0.3, 0.4) is 0 Å². The maximum absolute atomic E-state index is 12.5. The molecule has 1 atom stereocenters. The number of nitrogens with zero attached hydrogens (tertiary/aromatic N) is 1. The van der Waals surface area contributed by atoms with Crippen LogP contribution < -0.4 is 11.1 Å². The van der Waals surface area contributed by atoms with Crippen LogP contribution >= 0.6 is 12.4 Å². The molecule has 6 nitrogen and oxygen atoms in total. The van der Waals surface area contributed by atoms with E-state index in [1.807, 2.05) is 6.92 Å². The number of amides is 1. The number of hydrogen-bond acceptors (Lipinski definition) is 4. The Morgan fingerprint density at radius 2 is 2.04 bits per heavy atom. The molecule has 1 aromatic rings. The molecule has 0 aliphatic heterocycles. The summed E-state index contributed by atoms with van der Waals surface area (Å²) in [4.78, 5) is 23.0. The van der Waals surface area contributed by atoms with Gasteiger partial charge >= 0.3 is 0 Å². The molecule has 1 fully saturated rings. The summed E-state index contributed by atoms with van der Waals surface area (Å²) in [6.07, 6.45) is 5.64. The maximum atomic E-state index is 12.5. The zero-order chi connectivity index (χ0) is 16.1. The van der Waals surface area contributed by atoms with Crippen molar-refractivity contribution in [3.05, 3.63) is 39.4 Å². The van der Waals surface area contributed by atoms with E-state index >= 15 is 0 Å². The summed E-state index contributed by atoms with van der Waals surface area (Å²) in [5.41, 5.74) is 6.57. The SMILES string of the molecule is Cc1ccc([N+](=O)[O-])c(C(=O)NC(CN)C2CCCCC2)c1.Cl. The first-order chi connectivity index (χ1) is 10.5. The second kappa shape index (κ2) is 8.84. The van der Waals surface area contributed by atoms with Gasteiger partial charge in [0.15, 0.2) is 0 Å². The minimum absolute atomic E-state index is 0. The van der Waals surface area contributed by atoms with E-state index in [0.29, 0.717) is 12.5 Å². The summed E-state index contributed by atoms with van der Waals surface area (Å²) >= 11 is 0. The van der Waals surface area contributed by atoms with Crippen molar-refractivity contribution in [3.8, 4) is 0 Å². The minimum Gasteiger partial charge on any atom is -0.348 e. The molecule has 0 spiro atoms. The molecule has 1 saturated carbocycles. The Morgan fingerprint density at radius 1 is 1.39 bits per heavy atom. The van der Waals surface area contributed by atoms with Gasteiger partial charge in [-0.25, -0.2) is 0 Å². The van der Waals surface area contributed by atoms with E-state index in [1.165, 1.54) is 12.5 Å². The van der Waals surface area contributed by atoms with Crippen LogP contribution in [0.4, 0.5) is 5.69 Å². The largest absolute Gasteiger partial charge is 0.348 e. The second-order valence-electron chi connectivity index (χ2n) is 5.99. The van der Waals surface area contributed by atoms with Crippen LogP contribution in [0, 0.1) is 23.0 Å². The van der Waals surface area contributed by atoms with Crippen LogP contribution in [0.25, 0.3) is 0 Å². The number of halogens is 1. The zero-order valence-electron chi connectivity index (χ0n) is 13.3. The fourth-order valence-corrected chi connectivity index (χ4v) is 3.14. The highest BCUT2D eigenvalue weighted by Crippen LogP contribution is 2.27. The van der Waals surface area contributed by atoms with Crippen molar-refractivity contribution >= 4 is 24.0 Å². The van der Waals surface area contributed by atoms with Crippen LogP contribution in [0.5, 0.6) is 0 Å². The van der Waals surface area contributed by atoms with Gasteiger partial charge in [-0.05, 0) is 37.3 Å². The Balaban J connectivity index is 0.00000264. The molecule has 0 bridgehead atoms. The van der Waals surface area contributed by atoms with Gasteiger partial charge < -0.3 is 11.1 Å². The van der Waals surface area contributed by atoms with E-state index < -0.39 is 10.8 Å². The third kappa shape index (κ3) is 4.91. The van der Waals surface area contributed by atoms with Crippen molar-refractivity contribution in [2.75, 3.05) is 6.54 Å². The average Bonchev–Trinajstić information content (AvgIpc) is 2.52. The summed E-state index contributed by atoms with van der Waals surface area (Å²) in [5.74, 6) is -0.0389. The molecular formula is C16H24ClN3O3. The monoisotopic (exact) mass is 341 g/mol. The lowest BCUT2D eigenvalue weighted by molar-refractivity contribution is -0.385. The van der Waals surface area contributed by atoms with Crippen LogP contribution in [0.1, 0.15) is 48.0 Å². The molecule has 0 radical (unpaired) electrons. The van der Waals surface area contributed by atoms with E-state index in [2.05, 4.69) is 5.32 Å². The molecule has 1 amide bonds. The number of hydrogen-bond donors (Lipinski definition) is 2. The van der Waals surface area contributed by atoms with Crippen molar-refractivity contribution in [3.63, 3.8) is 0 Å². The molecule has 0 saturated heterocycles. The van der Waals surface area contributed by atoms with Crippen molar-refractivity contribution in [1.82, 2.24) is 5.32 Å². The molecule has 23 heavy (non-hydrogen) atoms. The molecule has 0 heterocycles. The maximum Gasteiger partial charge on any atom is 0.282 e. The molecule has 7 heteroatoms. The normalized spacial score (nSPS) is 16.3.